The molecule has 1 amide bonds. The Hall–Kier alpha value is -2.57. The van der Waals surface area contributed by atoms with Crippen LogP contribution in [0.5, 0.6) is 0 Å². The number of rotatable bonds is 6. The van der Waals surface area contributed by atoms with Crippen molar-refractivity contribution in [2.75, 3.05) is 5.73 Å². The molecule has 0 bridgehead atoms. The van der Waals surface area contributed by atoms with Gasteiger partial charge in [0.2, 0.25) is 0 Å². The predicted molar refractivity (Wildman–Crippen MR) is 61.4 cm³/mol. The Kier molecular flexibility index (Phi) is 4.87. The van der Waals surface area contributed by atoms with Crippen LogP contribution < -0.4 is 21.3 Å². The molecule has 0 aliphatic carbocycles. The molecule has 19 heavy (non-hydrogen) atoms. The van der Waals surface area contributed by atoms with Gasteiger partial charge in [-0.05, 0) is 37.1 Å². The lowest BCUT2D eigenvalue weighted by Gasteiger charge is -2.19. The number of carboxylic acid groups (broad SMARTS) is 2. The van der Waals surface area contributed by atoms with Gasteiger partial charge in [-0.3, -0.25) is 4.79 Å². The fourth-order valence-electron chi connectivity index (χ4n) is 1.39. The lowest BCUT2D eigenvalue weighted by Crippen LogP contribution is -2.48. The van der Waals surface area contributed by atoms with Crippen LogP contribution in [-0.4, -0.2) is 23.9 Å². The number of hydrogen-bond donors (Lipinski definition) is 2. The molecular weight excluding hydrogens is 252 g/mol. The van der Waals surface area contributed by atoms with Crippen LogP contribution >= 0.6 is 0 Å². The molecule has 3 N–H and O–H groups in total. The molecule has 1 unspecified atom stereocenters. The average molecular weight is 264 g/mol. The van der Waals surface area contributed by atoms with Gasteiger partial charge in [-0.25, -0.2) is 0 Å². The number of benzene rings is 1. The maximum atomic E-state index is 11.7. The lowest BCUT2D eigenvalue weighted by atomic mass is 10.1. The fraction of sp³-hybridized carbons (Fsp3) is 0.250. The quantitative estimate of drug-likeness (QED) is 0.552. The maximum Gasteiger partial charge on any atom is 0.251 e. The van der Waals surface area contributed by atoms with Crippen LogP contribution in [0.2, 0.25) is 0 Å². The van der Waals surface area contributed by atoms with E-state index in [1.54, 1.807) is 0 Å². The van der Waals surface area contributed by atoms with E-state index < -0.39 is 30.3 Å². The summed E-state index contributed by atoms with van der Waals surface area (Å²) in [5.41, 5.74) is 6.13. The summed E-state index contributed by atoms with van der Waals surface area (Å²) in [6.45, 7) is 0. The summed E-state index contributed by atoms with van der Waals surface area (Å²) in [7, 11) is 0. The smallest absolute Gasteiger partial charge is 0.251 e. The molecule has 1 aromatic rings. The van der Waals surface area contributed by atoms with Crippen molar-refractivity contribution in [1.82, 2.24) is 5.32 Å². The Bertz CT molecular complexity index is 483. The van der Waals surface area contributed by atoms with Gasteiger partial charge in [0, 0.05) is 17.2 Å². The molecule has 0 aliphatic rings. The number of amides is 1. The molecule has 1 aromatic carbocycles. The first-order valence-corrected chi connectivity index (χ1v) is 5.47. The predicted octanol–water partition coefficient (Wildman–Crippen LogP) is -2.35. The molecule has 7 heteroatoms. The van der Waals surface area contributed by atoms with Gasteiger partial charge in [0.15, 0.2) is 0 Å². The molecular formula is C12H12N2O5-2. The molecule has 1 atom stereocenters. The number of nitrogen functional groups attached to an aromatic ring is 1. The standard InChI is InChI=1S/C12H14N2O5/c13-8-3-1-7(2-4-8)11(17)14-9(12(18)19)5-6-10(15)16/h1-4,9H,5-6,13H2,(H,14,17)(H,15,16)(H,18,19)/p-2. The highest BCUT2D eigenvalue weighted by molar-refractivity contribution is 5.96. The normalized spacial score (nSPS) is 11.6. The van der Waals surface area contributed by atoms with E-state index in [1.165, 1.54) is 24.3 Å². The number of nitrogens with two attached hydrogens (primary N) is 1. The first kappa shape index (κ1) is 14.5. The van der Waals surface area contributed by atoms with E-state index in [0.717, 1.165) is 0 Å². The molecule has 102 valence electrons. The number of carboxylic acids is 2. The van der Waals surface area contributed by atoms with E-state index in [0.29, 0.717) is 5.69 Å². The second-order valence-corrected chi connectivity index (χ2v) is 3.88. The Morgan fingerprint density at radius 3 is 2.21 bits per heavy atom. The number of carbonyl (C=O) groups excluding carboxylic acids is 3. The molecule has 0 saturated heterocycles. The monoisotopic (exact) mass is 264 g/mol. The third-order valence-corrected chi connectivity index (χ3v) is 2.40. The second-order valence-electron chi connectivity index (χ2n) is 3.88. The number of hydrogen-bond acceptors (Lipinski definition) is 6. The topological polar surface area (TPSA) is 135 Å². The summed E-state index contributed by atoms with van der Waals surface area (Å²) in [5, 5.41) is 23.2. The molecule has 0 radical (unpaired) electrons. The van der Waals surface area contributed by atoms with Gasteiger partial charge in [-0.15, -0.1) is 0 Å². The van der Waals surface area contributed by atoms with Gasteiger partial charge in [-0.1, -0.05) is 0 Å². The molecule has 0 fully saturated rings. The van der Waals surface area contributed by atoms with Gasteiger partial charge in [0.05, 0.1) is 12.0 Å². The number of nitrogens with one attached hydrogen (secondary N) is 1. The first-order chi connectivity index (χ1) is 8.90. The summed E-state index contributed by atoms with van der Waals surface area (Å²) in [4.78, 5) is 32.8. The van der Waals surface area contributed by atoms with Gasteiger partial charge in [-0.2, -0.15) is 0 Å². The molecule has 0 spiro atoms. The first-order valence-electron chi connectivity index (χ1n) is 5.47. The van der Waals surface area contributed by atoms with Crippen LogP contribution in [0.1, 0.15) is 23.2 Å². The van der Waals surface area contributed by atoms with Crippen molar-refractivity contribution in [1.29, 1.82) is 0 Å². The highest BCUT2D eigenvalue weighted by Gasteiger charge is 2.14. The van der Waals surface area contributed by atoms with Crippen LogP contribution in [0.3, 0.4) is 0 Å². The molecule has 0 saturated carbocycles. The Morgan fingerprint density at radius 2 is 1.74 bits per heavy atom. The Morgan fingerprint density at radius 1 is 1.16 bits per heavy atom. The Labute approximate surface area is 109 Å². The summed E-state index contributed by atoms with van der Waals surface area (Å²) in [6.07, 6.45) is -0.786. The van der Waals surface area contributed by atoms with Crippen molar-refractivity contribution in [3.8, 4) is 0 Å². The van der Waals surface area contributed by atoms with E-state index in [1.807, 2.05) is 0 Å². The Balaban J connectivity index is 2.68. The highest BCUT2D eigenvalue weighted by atomic mass is 16.4. The van der Waals surface area contributed by atoms with E-state index in [4.69, 9.17) is 5.73 Å². The highest BCUT2D eigenvalue weighted by Crippen LogP contribution is 2.06. The third-order valence-electron chi connectivity index (χ3n) is 2.40. The van der Waals surface area contributed by atoms with Gasteiger partial charge < -0.3 is 30.9 Å². The number of carbonyl (C=O) groups is 3. The summed E-state index contributed by atoms with van der Waals surface area (Å²) in [6, 6.07) is 4.45. The van der Waals surface area contributed by atoms with E-state index in [-0.39, 0.29) is 12.0 Å². The SMILES string of the molecule is Nc1ccc(C(=O)NC(CCC(=O)[O-])C(=O)[O-])cc1. The average Bonchev–Trinajstić information content (AvgIpc) is 2.34. The molecule has 1 rings (SSSR count). The molecule has 7 nitrogen and oxygen atoms in total. The van der Waals surface area contributed by atoms with Crippen molar-refractivity contribution in [2.24, 2.45) is 0 Å². The van der Waals surface area contributed by atoms with Crippen molar-refractivity contribution in [3.05, 3.63) is 29.8 Å². The molecule has 0 aromatic heterocycles. The van der Waals surface area contributed by atoms with Gasteiger partial charge in [0.25, 0.3) is 5.91 Å². The summed E-state index contributed by atoms with van der Waals surface area (Å²) >= 11 is 0. The molecule has 0 heterocycles. The fourth-order valence-corrected chi connectivity index (χ4v) is 1.39. The third kappa shape index (κ3) is 4.66. The van der Waals surface area contributed by atoms with Crippen molar-refractivity contribution in [2.45, 2.75) is 18.9 Å². The van der Waals surface area contributed by atoms with E-state index >= 15 is 0 Å². The van der Waals surface area contributed by atoms with Crippen molar-refractivity contribution < 1.29 is 24.6 Å². The van der Waals surface area contributed by atoms with Gasteiger partial charge in [0.1, 0.15) is 0 Å². The van der Waals surface area contributed by atoms with Crippen LogP contribution in [0, 0.1) is 0 Å². The van der Waals surface area contributed by atoms with Crippen LogP contribution in [-0.2, 0) is 9.59 Å². The summed E-state index contributed by atoms with van der Waals surface area (Å²) in [5.74, 6) is -3.59. The van der Waals surface area contributed by atoms with E-state index in [9.17, 15) is 24.6 Å². The van der Waals surface area contributed by atoms with Crippen molar-refractivity contribution >= 4 is 23.5 Å². The minimum Gasteiger partial charge on any atom is -0.550 e. The number of anilines is 1. The zero-order valence-electron chi connectivity index (χ0n) is 9.92. The zero-order valence-corrected chi connectivity index (χ0v) is 9.92. The summed E-state index contributed by atoms with van der Waals surface area (Å²) < 4.78 is 0. The minimum absolute atomic E-state index is 0.217. The lowest BCUT2D eigenvalue weighted by molar-refractivity contribution is -0.309. The van der Waals surface area contributed by atoms with Crippen LogP contribution in [0.4, 0.5) is 5.69 Å². The zero-order chi connectivity index (χ0) is 14.4. The maximum absolute atomic E-state index is 11.7. The largest absolute Gasteiger partial charge is 0.550 e. The van der Waals surface area contributed by atoms with Crippen LogP contribution in [0.25, 0.3) is 0 Å². The minimum atomic E-state index is -1.55. The number of aliphatic carboxylic acids is 2. The van der Waals surface area contributed by atoms with E-state index in [2.05, 4.69) is 5.32 Å². The van der Waals surface area contributed by atoms with Gasteiger partial charge >= 0.3 is 0 Å². The molecule has 0 aliphatic heterocycles. The van der Waals surface area contributed by atoms with Crippen LogP contribution in [0.15, 0.2) is 24.3 Å². The van der Waals surface area contributed by atoms with Crippen molar-refractivity contribution in [3.63, 3.8) is 0 Å². The second kappa shape index (κ2) is 6.39.